The van der Waals surface area contributed by atoms with E-state index in [-0.39, 0.29) is 18.6 Å². The van der Waals surface area contributed by atoms with Gasteiger partial charge in [-0.2, -0.15) is 0 Å². The molecule has 2 N–H and O–H groups in total. The average molecular weight is 241 g/mol. The molecule has 1 fully saturated rings. The summed E-state index contributed by atoms with van der Waals surface area (Å²) in [5.74, 6) is 1.15. The molecular weight excluding hydrogens is 214 g/mol. The fourth-order valence-electron chi connectivity index (χ4n) is 2.63. The first-order chi connectivity index (χ1) is 8.13. The van der Waals surface area contributed by atoms with E-state index in [1.807, 2.05) is 0 Å². The van der Waals surface area contributed by atoms with E-state index in [4.69, 9.17) is 5.11 Å². The van der Waals surface area contributed by atoms with Crippen LogP contribution in [0.5, 0.6) is 0 Å². The van der Waals surface area contributed by atoms with Gasteiger partial charge in [0.1, 0.15) is 0 Å². The van der Waals surface area contributed by atoms with E-state index in [0.29, 0.717) is 24.7 Å². The number of nitrogens with one attached hydrogen (secondary N) is 1. The number of amides is 1. The smallest absolute Gasteiger partial charge is 0.220 e. The summed E-state index contributed by atoms with van der Waals surface area (Å²) in [6.07, 6.45) is 7.64. The van der Waals surface area contributed by atoms with Crippen molar-refractivity contribution in [2.45, 2.75) is 64.8 Å². The van der Waals surface area contributed by atoms with E-state index >= 15 is 0 Å². The molecule has 0 heterocycles. The Labute approximate surface area is 105 Å². The summed E-state index contributed by atoms with van der Waals surface area (Å²) in [5, 5.41) is 12.0. The van der Waals surface area contributed by atoms with Crippen molar-refractivity contribution in [3.8, 4) is 0 Å². The number of carbonyl (C=O) groups excluding carboxylic acids is 1. The number of hydrogen-bond donors (Lipinski definition) is 2. The maximum atomic E-state index is 11.9. The maximum Gasteiger partial charge on any atom is 0.220 e. The second kappa shape index (κ2) is 7.70. The fourth-order valence-corrected chi connectivity index (χ4v) is 2.63. The Kier molecular flexibility index (Phi) is 6.56. The van der Waals surface area contributed by atoms with Gasteiger partial charge in [-0.15, -0.1) is 0 Å². The second-order valence-electron chi connectivity index (χ2n) is 5.64. The highest BCUT2D eigenvalue weighted by Crippen LogP contribution is 2.26. The summed E-state index contributed by atoms with van der Waals surface area (Å²) < 4.78 is 0. The Morgan fingerprint density at radius 1 is 1.29 bits per heavy atom. The van der Waals surface area contributed by atoms with Gasteiger partial charge in [0.25, 0.3) is 0 Å². The van der Waals surface area contributed by atoms with Crippen molar-refractivity contribution < 1.29 is 9.90 Å². The number of aliphatic hydroxyl groups is 1. The first-order valence-electron chi connectivity index (χ1n) is 7.03. The molecule has 0 aromatic heterocycles. The molecule has 3 heteroatoms. The van der Waals surface area contributed by atoms with Crippen LogP contribution in [0.2, 0.25) is 0 Å². The Morgan fingerprint density at radius 3 is 2.47 bits per heavy atom. The lowest BCUT2D eigenvalue weighted by atomic mass is 9.86. The highest BCUT2D eigenvalue weighted by Gasteiger charge is 2.20. The molecule has 1 aliphatic carbocycles. The van der Waals surface area contributed by atoms with E-state index in [1.165, 1.54) is 32.1 Å². The summed E-state index contributed by atoms with van der Waals surface area (Å²) >= 11 is 0. The van der Waals surface area contributed by atoms with Crippen molar-refractivity contribution in [1.29, 1.82) is 0 Å². The Balaban J connectivity index is 2.30. The summed E-state index contributed by atoms with van der Waals surface area (Å²) in [4.78, 5) is 11.9. The zero-order valence-electron chi connectivity index (χ0n) is 11.2. The monoisotopic (exact) mass is 241 g/mol. The SMILES string of the molecule is CC(C)[C@@H](CCO)NC(=O)CC1CCCCC1. The molecule has 1 rings (SSSR count). The molecule has 17 heavy (non-hydrogen) atoms. The molecule has 0 radical (unpaired) electrons. The van der Waals surface area contributed by atoms with Gasteiger partial charge in [0.15, 0.2) is 0 Å². The first kappa shape index (κ1) is 14.5. The summed E-state index contributed by atoms with van der Waals surface area (Å²) in [6, 6.07) is 0.121. The molecular formula is C14H27NO2. The minimum Gasteiger partial charge on any atom is -0.396 e. The van der Waals surface area contributed by atoms with Crippen LogP contribution in [0.15, 0.2) is 0 Å². The van der Waals surface area contributed by atoms with E-state index in [0.717, 1.165) is 0 Å². The predicted octanol–water partition coefficient (Wildman–Crippen LogP) is 2.48. The van der Waals surface area contributed by atoms with E-state index in [2.05, 4.69) is 19.2 Å². The van der Waals surface area contributed by atoms with Crippen LogP contribution in [-0.2, 0) is 4.79 Å². The molecule has 0 unspecified atom stereocenters. The van der Waals surface area contributed by atoms with Crippen LogP contribution in [-0.4, -0.2) is 23.7 Å². The van der Waals surface area contributed by atoms with E-state index in [1.54, 1.807) is 0 Å². The highest BCUT2D eigenvalue weighted by molar-refractivity contribution is 5.76. The maximum absolute atomic E-state index is 11.9. The number of aliphatic hydroxyl groups excluding tert-OH is 1. The van der Waals surface area contributed by atoms with Crippen LogP contribution < -0.4 is 5.32 Å². The van der Waals surface area contributed by atoms with E-state index in [9.17, 15) is 4.79 Å². The second-order valence-corrected chi connectivity index (χ2v) is 5.64. The Hall–Kier alpha value is -0.570. The molecule has 0 bridgehead atoms. The number of carbonyl (C=O) groups is 1. The molecule has 1 amide bonds. The normalized spacial score (nSPS) is 19.3. The van der Waals surface area contributed by atoms with Crippen LogP contribution in [0.4, 0.5) is 0 Å². The zero-order valence-corrected chi connectivity index (χ0v) is 11.2. The Morgan fingerprint density at radius 2 is 1.94 bits per heavy atom. The molecule has 1 atom stereocenters. The van der Waals surface area contributed by atoms with Crippen LogP contribution in [0.25, 0.3) is 0 Å². The topological polar surface area (TPSA) is 49.3 Å². The molecule has 0 spiro atoms. The van der Waals surface area contributed by atoms with Crippen molar-refractivity contribution in [2.24, 2.45) is 11.8 Å². The molecule has 1 aliphatic rings. The van der Waals surface area contributed by atoms with Crippen molar-refractivity contribution in [2.75, 3.05) is 6.61 Å². The van der Waals surface area contributed by atoms with Crippen LogP contribution in [0.1, 0.15) is 58.8 Å². The predicted molar refractivity (Wildman–Crippen MR) is 69.7 cm³/mol. The molecule has 0 aliphatic heterocycles. The third kappa shape index (κ3) is 5.53. The number of rotatable bonds is 6. The molecule has 3 nitrogen and oxygen atoms in total. The highest BCUT2D eigenvalue weighted by atomic mass is 16.3. The molecule has 0 aromatic rings. The lowest BCUT2D eigenvalue weighted by molar-refractivity contribution is -0.123. The molecule has 1 saturated carbocycles. The molecule has 0 saturated heterocycles. The van der Waals surface area contributed by atoms with Crippen molar-refractivity contribution in [3.63, 3.8) is 0 Å². The third-order valence-electron chi connectivity index (χ3n) is 3.79. The first-order valence-corrected chi connectivity index (χ1v) is 7.03. The van der Waals surface area contributed by atoms with Crippen LogP contribution in [0, 0.1) is 11.8 Å². The number of hydrogen-bond acceptors (Lipinski definition) is 2. The van der Waals surface area contributed by atoms with Gasteiger partial charge in [-0.3, -0.25) is 4.79 Å². The van der Waals surface area contributed by atoms with Crippen LogP contribution in [0.3, 0.4) is 0 Å². The lowest BCUT2D eigenvalue weighted by Crippen LogP contribution is -2.40. The van der Waals surface area contributed by atoms with Gasteiger partial charge >= 0.3 is 0 Å². The lowest BCUT2D eigenvalue weighted by Gasteiger charge is -2.25. The van der Waals surface area contributed by atoms with Crippen molar-refractivity contribution in [1.82, 2.24) is 5.32 Å². The van der Waals surface area contributed by atoms with Crippen molar-refractivity contribution in [3.05, 3.63) is 0 Å². The summed E-state index contributed by atoms with van der Waals surface area (Å²) in [5.41, 5.74) is 0. The average Bonchev–Trinajstić information content (AvgIpc) is 2.29. The minimum atomic E-state index is 0.121. The minimum absolute atomic E-state index is 0.121. The molecule has 100 valence electrons. The van der Waals surface area contributed by atoms with Gasteiger partial charge in [0.05, 0.1) is 0 Å². The third-order valence-corrected chi connectivity index (χ3v) is 3.79. The quantitative estimate of drug-likeness (QED) is 0.750. The zero-order chi connectivity index (χ0) is 12.7. The van der Waals surface area contributed by atoms with Gasteiger partial charge in [0.2, 0.25) is 5.91 Å². The Bertz CT molecular complexity index is 222. The van der Waals surface area contributed by atoms with Gasteiger partial charge < -0.3 is 10.4 Å². The van der Waals surface area contributed by atoms with Gasteiger partial charge in [-0.1, -0.05) is 33.1 Å². The van der Waals surface area contributed by atoms with Gasteiger partial charge in [0, 0.05) is 19.1 Å². The van der Waals surface area contributed by atoms with Crippen molar-refractivity contribution >= 4 is 5.91 Å². The summed E-state index contributed by atoms with van der Waals surface area (Å²) in [7, 11) is 0. The van der Waals surface area contributed by atoms with Gasteiger partial charge in [-0.25, -0.2) is 0 Å². The standard InChI is InChI=1S/C14H27NO2/c1-11(2)13(8-9-16)15-14(17)10-12-6-4-3-5-7-12/h11-13,16H,3-10H2,1-2H3,(H,15,17)/t13-/m1/s1. The molecule has 0 aromatic carbocycles. The van der Waals surface area contributed by atoms with E-state index < -0.39 is 0 Å². The van der Waals surface area contributed by atoms with Crippen LogP contribution >= 0.6 is 0 Å². The largest absolute Gasteiger partial charge is 0.396 e. The fraction of sp³-hybridized carbons (Fsp3) is 0.929. The van der Waals surface area contributed by atoms with Gasteiger partial charge in [-0.05, 0) is 31.1 Å². The summed E-state index contributed by atoms with van der Waals surface area (Å²) in [6.45, 7) is 4.31.